The molecular weight excluding hydrogens is 322 g/mol. The Balaban J connectivity index is 1.70. The molecule has 1 aromatic heterocycles. The lowest BCUT2D eigenvalue weighted by atomic mass is 9.94. The van der Waals surface area contributed by atoms with E-state index in [4.69, 9.17) is 9.47 Å². The van der Waals surface area contributed by atoms with Gasteiger partial charge in [0.15, 0.2) is 0 Å². The largest absolute Gasteiger partial charge is 0.382 e. The fraction of sp³-hybridized carbons (Fsp3) is 0.733. The van der Waals surface area contributed by atoms with Gasteiger partial charge in [-0.2, -0.15) is 0 Å². The Hall–Kier alpha value is -0.470. The van der Waals surface area contributed by atoms with E-state index in [-0.39, 0.29) is 12.4 Å². The Kier molecular flexibility index (Phi) is 7.30. The van der Waals surface area contributed by atoms with E-state index in [1.165, 1.54) is 4.88 Å². The van der Waals surface area contributed by atoms with Crippen molar-refractivity contribution in [2.24, 2.45) is 5.92 Å². The molecule has 126 valence electrons. The van der Waals surface area contributed by atoms with Crippen LogP contribution in [0.25, 0.3) is 0 Å². The zero-order chi connectivity index (χ0) is 15.8. The number of methoxy groups -OCH3 is 1. The normalized spacial score (nSPS) is 17.9. The van der Waals surface area contributed by atoms with E-state index in [0.717, 1.165) is 19.3 Å². The van der Waals surface area contributed by atoms with Crippen molar-refractivity contribution in [3.05, 3.63) is 22.4 Å². The van der Waals surface area contributed by atoms with Crippen molar-refractivity contribution in [1.82, 2.24) is 4.31 Å². The molecule has 0 N–H and O–H groups in total. The van der Waals surface area contributed by atoms with E-state index in [1.54, 1.807) is 22.8 Å². The highest BCUT2D eigenvalue weighted by atomic mass is 32.2. The molecular formula is C15H25NO4S2. The Bertz CT molecular complexity index is 508. The highest BCUT2D eigenvalue weighted by Crippen LogP contribution is 2.25. The van der Waals surface area contributed by atoms with Gasteiger partial charge in [0.2, 0.25) is 10.0 Å². The summed E-state index contributed by atoms with van der Waals surface area (Å²) >= 11 is 1.78. The van der Waals surface area contributed by atoms with Gasteiger partial charge in [-0.25, -0.2) is 12.7 Å². The van der Waals surface area contributed by atoms with Crippen molar-refractivity contribution >= 4 is 21.4 Å². The lowest BCUT2D eigenvalue weighted by molar-refractivity contribution is 0.0780. The van der Waals surface area contributed by atoms with Crippen LogP contribution in [0.4, 0.5) is 0 Å². The van der Waals surface area contributed by atoms with E-state index in [9.17, 15) is 8.42 Å². The van der Waals surface area contributed by atoms with Crippen LogP contribution < -0.4 is 0 Å². The summed E-state index contributed by atoms with van der Waals surface area (Å²) in [6.07, 6.45) is 2.97. The minimum Gasteiger partial charge on any atom is -0.382 e. The van der Waals surface area contributed by atoms with Crippen molar-refractivity contribution in [1.29, 1.82) is 0 Å². The van der Waals surface area contributed by atoms with E-state index < -0.39 is 10.0 Å². The fourth-order valence-electron chi connectivity index (χ4n) is 2.64. The smallest absolute Gasteiger partial charge is 0.216 e. The van der Waals surface area contributed by atoms with E-state index in [2.05, 4.69) is 17.5 Å². The molecule has 0 spiro atoms. The zero-order valence-electron chi connectivity index (χ0n) is 13.1. The van der Waals surface area contributed by atoms with Crippen molar-refractivity contribution < 1.29 is 17.9 Å². The van der Waals surface area contributed by atoms with E-state index >= 15 is 0 Å². The Labute approximate surface area is 137 Å². The van der Waals surface area contributed by atoms with Crippen molar-refractivity contribution in [2.45, 2.75) is 19.3 Å². The number of sulfonamides is 1. The molecule has 0 saturated carbocycles. The maximum atomic E-state index is 12.3. The molecule has 1 aromatic rings. The lowest BCUT2D eigenvalue weighted by Gasteiger charge is -2.31. The standard InChI is InChI=1S/C15H25NO4S2/c1-19-8-9-20-10-12-22(17,18)16-6-4-14(5-7-16)13-15-3-2-11-21-15/h2-3,11,14H,4-10,12-13H2,1H3. The van der Waals surface area contributed by atoms with Crippen molar-refractivity contribution in [2.75, 3.05) is 45.8 Å². The summed E-state index contributed by atoms with van der Waals surface area (Å²) in [7, 11) is -1.59. The van der Waals surface area contributed by atoms with Crippen LogP contribution in [0.1, 0.15) is 17.7 Å². The third-order valence-electron chi connectivity index (χ3n) is 3.95. The molecule has 22 heavy (non-hydrogen) atoms. The average Bonchev–Trinajstić information content (AvgIpc) is 3.00. The van der Waals surface area contributed by atoms with E-state index in [1.807, 2.05) is 0 Å². The molecule has 1 saturated heterocycles. The van der Waals surface area contributed by atoms with Gasteiger partial charge in [0.05, 0.1) is 25.6 Å². The molecule has 0 aromatic carbocycles. The van der Waals surface area contributed by atoms with Crippen molar-refractivity contribution in [3.63, 3.8) is 0 Å². The molecule has 0 amide bonds. The molecule has 0 unspecified atom stereocenters. The van der Waals surface area contributed by atoms with Crippen LogP contribution >= 0.6 is 11.3 Å². The molecule has 0 aliphatic carbocycles. The number of thiophene rings is 1. The minimum atomic E-state index is -3.19. The molecule has 1 aliphatic rings. The van der Waals surface area contributed by atoms with Crippen LogP contribution in [0, 0.1) is 5.92 Å². The predicted molar refractivity (Wildman–Crippen MR) is 88.8 cm³/mol. The van der Waals surface area contributed by atoms with Crippen LogP contribution in [0.2, 0.25) is 0 Å². The van der Waals surface area contributed by atoms with Crippen LogP contribution in [0.15, 0.2) is 17.5 Å². The van der Waals surface area contributed by atoms with E-state index in [0.29, 0.717) is 32.2 Å². The molecule has 0 atom stereocenters. The highest BCUT2D eigenvalue weighted by Gasteiger charge is 2.27. The molecule has 1 aliphatic heterocycles. The first kappa shape index (κ1) is 17.9. The molecule has 1 fully saturated rings. The second kappa shape index (κ2) is 8.98. The summed E-state index contributed by atoms with van der Waals surface area (Å²) in [5, 5.41) is 2.10. The van der Waals surface area contributed by atoms with Crippen LogP contribution in [-0.4, -0.2) is 58.5 Å². The maximum Gasteiger partial charge on any atom is 0.216 e. The summed E-state index contributed by atoms with van der Waals surface area (Å²) in [5.41, 5.74) is 0. The molecule has 0 radical (unpaired) electrons. The Morgan fingerprint density at radius 3 is 2.68 bits per heavy atom. The van der Waals surface area contributed by atoms with Gasteiger partial charge < -0.3 is 9.47 Å². The average molecular weight is 348 g/mol. The van der Waals surface area contributed by atoms with Crippen molar-refractivity contribution in [3.8, 4) is 0 Å². The van der Waals surface area contributed by atoms with Crippen LogP contribution in [-0.2, 0) is 25.9 Å². The number of hydrogen-bond donors (Lipinski definition) is 0. The first-order valence-corrected chi connectivity index (χ1v) is 10.2. The lowest BCUT2D eigenvalue weighted by Crippen LogP contribution is -2.40. The molecule has 5 nitrogen and oxygen atoms in total. The zero-order valence-corrected chi connectivity index (χ0v) is 14.7. The van der Waals surface area contributed by atoms with Crippen LogP contribution in [0.5, 0.6) is 0 Å². The first-order chi connectivity index (χ1) is 10.6. The van der Waals surface area contributed by atoms with Gasteiger partial charge in [-0.1, -0.05) is 6.07 Å². The molecule has 0 bridgehead atoms. The third kappa shape index (κ3) is 5.62. The first-order valence-electron chi connectivity index (χ1n) is 7.68. The molecule has 2 heterocycles. The number of rotatable bonds is 9. The van der Waals surface area contributed by atoms with Gasteiger partial charge in [-0.05, 0) is 36.6 Å². The van der Waals surface area contributed by atoms with Gasteiger partial charge in [0.25, 0.3) is 0 Å². The second-order valence-electron chi connectivity index (χ2n) is 5.55. The van der Waals surface area contributed by atoms with Crippen LogP contribution in [0.3, 0.4) is 0 Å². The third-order valence-corrected chi connectivity index (χ3v) is 6.69. The quantitative estimate of drug-likeness (QED) is 0.641. The van der Waals surface area contributed by atoms with Gasteiger partial charge in [0.1, 0.15) is 0 Å². The molecule has 2 rings (SSSR count). The monoisotopic (exact) mass is 347 g/mol. The minimum absolute atomic E-state index is 0.0618. The Morgan fingerprint density at radius 2 is 2.05 bits per heavy atom. The number of hydrogen-bond acceptors (Lipinski definition) is 5. The number of ether oxygens (including phenoxy) is 2. The van der Waals surface area contributed by atoms with Gasteiger partial charge in [0, 0.05) is 25.1 Å². The number of piperidine rings is 1. The van der Waals surface area contributed by atoms with Gasteiger partial charge in [-0.3, -0.25) is 0 Å². The van der Waals surface area contributed by atoms with Gasteiger partial charge >= 0.3 is 0 Å². The summed E-state index contributed by atoms with van der Waals surface area (Å²) in [4.78, 5) is 1.40. The molecule has 7 heteroatoms. The summed E-state index contributed by atoms with van der Waals surface area (Å²) in [5.74, 6) is 0.662. The Morgan fingerprint density at radius 1 is 1.27 bits per heavy atom. The second-order valence-corrected chi connectivity index (χ2v) is 8.67. The fourth-order valence-corrected chi connectivity index (χ4v) is 4.82. The highest BCUT2D eigenvalue weighted by molar-refractivity contribution is 7.89. The predicted octanol–water partition coefficient (Wildman–Crippen LogP) is 2.00. The SMILES string of the molecule is COCCOCCS(=O)(=O)N1CCC(Cc2cccs2)CC1. The topological polar surface area (TPSA) is 55.8 Å². The summed E-state index contributed by atoms with van der Waals surface area (Å²) in [6.45, 7) is 2.44. The summed E-state index contributed by atoms with van der Waals surface area (Å²) < 4.78 is 36.3. The van der Waals surface area contributed by atoms with Gasteiger partial charge in [-0.15, -0.1) is 11.3 Å². The number of nitrogens with zero attached hydrogens (tertiary/aromatic N) is 1. The summed E-state index contributed by atoms with van der Waals surface area (Å²) in [6, 6.07) is 4.23. The maximum absolute atomic E-state index is 12.3.